The SMILES string of the molecule is CCCCCCCCCCCCCCCCNc1ncnc(N2CCN(CCO)CC2)c1[N+](=O)[O-]. The van der Waals surface area contributed by atoms with Crippen molar-refractivity contribution in [2.75, 3.05) is 56.1 Å². The van der Waals surface area contributed by atoms with E-state index in [0.717, 1.165) is 25.9 Å². The van der Waals surface area contributed by atoms with Gasteiger partial charge in [0.1, 0.15) is 6.33 Å². The number of hydrogen-bond donors (Lipinski definition) is 2. The number of nitrogens with zero attached hydrogens (tertiary/aromatic N) is 5. The Morgan fingerprint density at radius 2 is 1.43 bits per heavy atom. The molecular formula is C26H48N6O3. The van der Waals surface area contributed by atoms with Crippen LogP contribution in [0.5, 0.6) is 0 Å². The van der Waals surface area contributed by atoms with Crippen molar-refractivity contribution in [3.63, 3.8) is 0 Å². The summed E-state index contributed by atoms with van der Waals surface area (Å²) in [7, 11) is 0. The molecule has 35 heavy (non-hydrogen) atoms. The van der Waals surface area contributed by atoms with E-state index in [-0.39, 0.29) is 17.2 Å². The Bertz CT molecular complexity index is 698. The monoisotopic (exact) mass is 492 g/mol. The van der Waals surface area contributed by atoms with Crippen LogP contribution in [0.1, 0.15) is 96.8 Å². The Balaban J connectivity index is 1.60. The van der Waals surface area contributed by atoms with E-state index in [2.05, 4.69) is 27.1 Å². The molecule has 1 aliphatic heterocycles. The predicted octanol–water partition coefficient (Wildman–Crippen LogP) is 5.39. The van der Waals surface area contributed by atoms with Gasteiger partial charge in [-0.2, -0.15) is 0 Å². The Labute approximate surface area is 211 Å². The summed E-state index contributed by atoms with van der Waals surface area (Å²) < 4.78 is 0. The zero-order chi connectivity index (χ0) is 25.1. The number of aliphatic hydroxyl groups is 1. The molecule has 1 aromatic rings. The number of rotatable bonds is 20. The first-order valence-electron chi connectivity index (χ1n) is 14.0. The van der Waals surface area contributed by atoms with Crippen molar-refractivity contribution in [2.45, 2.75) is 96.8 Å². The third-order valence-electron chi connectivity index (χ3n) is 6.90. The van der Waals surface area contributed by atoms with Crippen LogP contribution in [-0.4, -0.2) is 70.8 Å². The third kappa shape index (κ3) is 11.5. The molecule has 2 N–H and O–H groups in total. The van der Waals surface area contributed by atoms with Crippen LogP contribution >= 0.6 is 0 Å². The highest BCUT2D eigenvalue weighted by Crippen LogP contribution is 2.32. The Kier molecular flexibility index (Phi) is 15.3. The summed E-state index contributed by atoms with van der Waals surface area (Å²) in [6, 6.07) is 0. The summed E-state index contributed by atoms with van der Waals surface area (Å²) in [6.07, 6.45) is 19.7. The zero-order valence-electron chi connectivity index (χ0n) is 21.9. The van der Waals surface area contributed by atoms with Gasteiger partial charge < -0.3 is 15.3 Å². The molecule has 0 amide bonds. The molecule has 0 unspecified atom stereocenters. The van der Waals surface area contributed by atoms with Crippen LogP contribution in [0.25, 0.3) is 0 Å². The van der Waals surface area contributed by atoms with Crippen LogP contribution in [0, 0.1) is 10.1 Å². The molecule has 200 valence electrons. The first-order chi connectivity index (χ1) is 17.2. The van der Waals surface area contributed by atoms with Crippen molar-refractivity contribution in [3.8, 4) is 0 Å². The topological polar surface area (TPSA) is 108 Å². The fraction of sp³-hybridized carbons (Fsp3) is 0.846. The second kappa shape index (κ2) is 18.3. The standard InChI is InChI=1S/C26H48N6O3/c1-2-3-4-5-6-7-8-9-10-11-12-13-14-15-16-27-25-24(32(34)35)26(29-23-28-25)31-19-17-30(18-20-31)21-22-33/h23,33H,2-22H2,1H3,(H,27,28,29). The van der Waals surface area contributed by atoms with E-state index in [4.69, 9.17) is 5.11 Å². The molecule has 0 aliphatic carbocycles. The maximum Gasteiger partial charge on any atom is 0.353 e. The van der Waals surface area contributed by atoms with Crippen LogP contribution < -0.4 is 10.2 Å². The van der Waals surface area contributed by atoms with E-state index >= 15 is 0 Å². The first-order valence-corrected chi connectivity index (χ1v) is 14.0. The van der Waals surface area contributed by atoms with Crippen molar-refractivity contribution in [1.29, 1.82) is 0 Å². The highest BCUT2D eigenvalue weighted by atomic mass is 16.6. The van der Waals surface area contributed by atoms with Gasteiger partial charge >= 0.3 is 5.69 Å². The van der Waals surface area contributed by atoms with Crippen molar-refractivity contribution >= 4 is 17.3 Å². The lowest BCUT2D eigenvalue weighted by molar-refractivity contribution is -0.383. The molecule has 1 aliphatic rings. The minimum absolute atomic E-state index is 0.0338. The number of piperazine rings is 1. The van der Waals surface area contributed by atoms with Crippen LogP contribution in [0.3, 0.4) is 0 Å². The summed E-state index contributed by atoms with van der Waals surface area (Å²) >= 11 is 0. The van der Waals surface area contributed by atoms with Gasteiger partial charge in [-0.3, -0.25) is 15.0 Å². The van der Waals surface area contributed by atoms with E-state index in [9.17, 15) is 10.1 Å². The van der Waals surface area contributed by atoms with Gasteiger partial charge in [0.15, 0.2) is 0 Å². The van der Waals surface area contributed by atoms with Gasteiger partial charge in [-0.05, 0) is 6.42 Å². The number of anilines is 2. The zero-order valence-corrected chi connectivity index (χ0v) is 21.9. The van der Waals surface area contributed by atoms with Crippen LogP contribution in [0.15, 0.2) is 6.33 Å². The molecule has 0 aromatic carbocycles. The molecule has 2 rings (SSSR count). The molecule has 0 spiro atoms. The molecule has 9 heteroatoms. The molecular weight excluding hydrogens is 444 g/mol. The quantitative estimate of drug-likeness (QED) is 0.142. The molecule has 2 heterocycles. The van der Waals surface area contributed by atoms with E-state index in [1.165, 1.54) is 83.4 Å². The molecule has 0 saturated carbocycles. The van der Waals surface area contributed by atoms with Gasteiger partial charge in [-0.15, -0.1) is 0 Å². The highest BCUT2D eigenvalue weighted by molar-refractivity contribution is 5.70. The van der Waals surface area contributed by atoms with Crippen molar-refractivity contribution in [2.24, 2.45) is 0 Å². The Morgan fingerprint density at radius 3 is 1.94 bits per heavy atom. The summed E-state index contributed by atoms with van der Waals surface area (Å²) in [6.45, 7) is 6.51. The highest BCUT2D eigenvalue weighted by Gasteiger charge is 2.29. The van der Waals surface area contributed by atoms with Gasteiger partial charge in [-0.1, -0.05) is 90.4 Å². The van der Waals surface area contributed by atoms with Gasteiger partial charge in [0.25, 0.3) is 0 Å². The average molecular weight is 493 g/mol. The van der Waals surface area contributed by atoms with Crippen LogP contribution in [0.4, 0.5) is 17.3 Å². The summed E-state index contributed by atoms with van der Waals surface area (Å²) in [5, 5.41) is 24.1. The number of aliphatic hydroxyl groups excluding tert-OH is 1. The van der Waals surface area contributed by atoms with Crippen molar-refractivity contribution < 1.29 is 10.0 Å². The summed E-state index contributed by atoms with van der Waals surface area (Å²) in [4.78, 5) is 24.0. The van der Waals surface area contributed by atoms with Crippen molar-refractivity contribution in [3.05, 3.63) is 16.4 Å². The number of nitro groups is 1. The van der Waals surface area contributed by atoms with E-state index in [1.54, 1.807) is 0 Å². The molecule has 9 nitrogen and oxygen atoms in total. The normalized spacial score (nSPS) is 14.4. The number of β-amino-alcohol motifs (C(OH)–C–C–N with tert-alkyl or cyclic N) is 1. The van der Waals surface area contributed by atoms with Crippen molar-refractivity contribution in [1.82, 2.24) is 14.9 Å². The van der Waals surface area contributed by atoms with Crippen LogP contribution in [-0.2, 0) is 0 Å². The maximum absolute atomic E-state index is 11.8. The smallest absolute Gasteiger partial charge is 0.353 e. The summed E-state index contributed by atoms with van der Waals surface area (Å²) in [5.74, 6) is 0.699. The second-order valence-electron chi connectivity index (χ2n) is 9.73. The maximum atomic E-state index is 11.8. The predicted molar refractivity (Wildman–Crippen MR) is 143 cm³/mol. The molecule has 0 bridgehead atoms. The minimum atomic E-state index is -0.372. The molecule has 0 radical (unpaired) electrons. The van der Waals surface area contributed by atoms with E-state index in [1.807, 2.05) is 4.90 Å². The number of hydrogen-bond acceptors (Lipinski definition) is 8. The lowest BCUT2D eigenvalue weighted by Crippen LogP contribution is -2.47. The van der Waals surface area contributed by atoms with Gasteiger partial charge in [0, 0.05) is 39.3 Å². The van der Waals surface area contributed by atoms with E-state index < -0.39 is 0 Å². The molecule has 0 atom stereocenters. The fourth-order valence-corrected chi connectivity index (χ4v) is 4.75. The second-order valence-corrected chi connectivity index (χ2v) is 9.73. The average Bonchev–Trinajstić information content (AvgIpc) is 2.86. The number of nitrogens with one attached hydrogen (secondary N) is 1. The Morgan fingerprint density at radius 1 is 0.886 bits per heavy atom. The minimum Gasteiger partial charge on any atom is -0.395 e. The van der Waals surface area contributed by atoms with Gasteiger partial charge in [-0.25, -0.2) is 9.97 Å². The Hall–Kier alpha value is -2.00. The summed E-state index contributed by atoms with van der Waals surface area (Å²) in [5.41, 5.74) is -0.0338. The van der Waals surface area contributed by atoms with Gasteiger partial charge in [0.2, 0.25) is 11.6 Å². The lowest BCUT2D eigenvalue weighted by atomic mass is 10.0. The lowest BCUT2D eigenvalue weighted by Gasteiger charge is -2.34. The van der Waals surface area contributed by atoms with Crippen LogP contribution in [0.2, 0.25) is 0 Å². The fourth-order valence-electron chi connectivity index (χ4n) is 4.75. The number of aromatic nitrogens is 2. The van der Waals surface area contributed by atoms with E-state index in [0.29, 0.717) is 37.8 Å². The largest absolute Gasteiger partial charge is 0.395 e. The van der Waals surface area contributed by atoms with Gasteiger partial charge in [0.05, 0.1) is 11.5 Å². The third-order valence-corrected chi connectivity index (χ3v) is 6.90. The first kappa shape index (κ1) is 29.2. The molecule has 1 fully saturated rings. The molecule has 1 aromatic heterocycles. The number of unbranched alkanes of at least 4 members (excludes halogenated alkanes) is 13. The molecule has 1 saturated heterocycles.